The first-order valence-electron chi connectivity index (χ1n) is 7.67. The Morgan fingerprint density at radius 1 is 1.27 bits per heavy atom. The molecule has 1 aliphatic rings. The van der Waals surface area contributed by atoms with E-state index in [1.54, 1.807) is 6.07 Å². The zero-order valence-corrected chi connectivity index (χ0v) is 14.1. The number of aromatic nitrogens is 1. The molecule has 1 saturated heterocycles. The average molecular weight is 391 g/mol. The quantitative estimate of drug-likeness (QED) is 0.586. The van der Waals surface area contributed by atoms with Crippen LogP contribution < -0.4 is 4.90 Å². The highest BCUT2D eigenvalue weighted by molar-refractivity contribution is 6.33. The fourth-order valence-corrected chi connectivity index (χ4v) is 2.99. The Labute approximate surface area is 151 Å². The second-order valence-corrected chi connectivity index (χ2v) is 6.19. The zero-order valence-electron chi connectivity index (χ0n) is 13.4. The van der Waals surface area contributed by atoms with E-state index in [0.29, 0.717) is 44.3 Å². The maximum Gasteiger partial charge on any atom is 0.433 e. The predicted octanol–water partition coefficient (Wildman–Crippen LogP) is 3.58. The molecular formula is C15H14ClF3N4O3. The van der Waals surface area contributed by atoms with Gasteiger partial charge in [0.25, 0.3) is 0 Å². The second-order valence-electron chi connectivity index (χ2n) is 5.79. The van der Waals surface area contributed by atoms with Crippen LogP contribution in [0.25, 0.3) is 0 Å². The molecule has 0 aliphatic carbocycles. The summed E-state index contributed by atoms with van der Waals surface area (Å²) in [7, 11) is 0. The minimum absolute atomic E-state index is 0.0464. The van der Waals surface area contributed by atoms with Crippen LogP contribution in [0.5, 0.6) is 0 Å². The summed E-state index contributed by atoms with van der Waals surface area (Å²) in [5.41, 5.74) is -0.885. The number of hydrogen-bond donors (Lipinski definition) is 0. The second kappa shape index (κ2) is 7.12. The van der Waals surface area contributed by atoms with Crippen molar-refractivity contribution >= 4 is 23.3 Å². The van der Waals surface area contributed by atoms with Gasteiger partial charge < -0.3 is 9.32 Å². The first-order valence-corrected chi connectivity index (χ1v) is 8.05. The molecule has 0 unspecified atom stereocenters. The minimum atomic E-state index is -4.49. The largest absolute Gasteiger partial charge is 0.433 e. The summed E-state index contributed by atoms with van der Waals surface area (Å²) in [4.78, 5) is 17.7. The van der Waals surface area contributed by atoms with Gasteiger partial charge in [0.2, 0.25) is 0 Å². The highest BCUT2D eigenvalue weighted by Crippen LogP contribution is 2.33. The van der Waals surface area contributed by atoms with Gasteiger partial charge in [0.05, 0.1) is 23.2 Å². The van der Waals surface area contributed by atoms with Crippen LogP contribution in [-0.4, -0.2) is 41.0 Å². The van der Waals surface area contributed by atoms with E-state index in [0.717, 1.165) is 12.3 Å². The summed E-state index contributed by atoms with van der Waals surface area (Å²) >= 11 is 5.97. The molecule has 3 heterocycles. The van der Waals surface area contributed by atoms with Crippen molar-refractivity contribution in [3.63, 3.8) is 0 Å². The van der Waals surface area contributed by atoms with Crippen LogP contribution in [0, 0.1) is 10.1 Å². The standard InChI is InChI=1S/C15H14ClF3N4O3/c16-12-7-10(15(17,18)19)8-20-14(12)22-5-3-21(4-6-22)9-11-1-2-13(26-11)23(24)25/h1-2,7-8H,3-6,9H2. The Kier molecular flexibility index (Phi) is 5.05. The lowest BCUT2D eigenvalue weighted by Crippen LogP contribution is -2.46. The van der Waals surface area contributed by atoms with E-state index in [2.05, 4.69) is 4.98 Å². The molecule has 0 aromatic carbocycles. The van der Waals surface area contributed by atoms with Crippen LogP contribution >= 0.6 is 11.6 Å². The number of alkyl halides is 3. The molecule has 3 rings (SSSR count). The molecule has 0 amide bonds. The fourth-order valence-electron chi connectivity index (χ4n) is 2.71. The van der Waals surface area contributed by atoms with Crippen LogP contribution in [0.15, 0.2) is 28.8 Å². The van der Waals surface area contributed by atoms with Crippen LogP contribution in [0.3, 0.4) is 0 Å². The van der Waals surface area contributed by atoms with Crippen molar-refractivity contribution in [1.29, 1.82) is 0 Å². The van der Waals surface area contributed by atoms with Crippen molar-refractivity contribution in [3.05, 3.63) is 50.9 Å². The first kappa shape index (κ1) is 18.5. The maximum absolute atomic E-state index is 12.7. The van der Waals surface area contributed by atoms with E-state index >= 15 is 0 Å². The summed E-state index contributed by atoms with van der Waals surface area (Å²) < 4.78 is 43.2. The maximum atomic E-state index is 12.7. The van der Waals surface area contributed by atoms with Gasteiger partial charge >= 0.3 is 12.1 Å². The molecule has 0 N–H and O–H groups in total. The van der Waals surface area contributed by atoms with Crippen LogP contribution in [-0.2, 0) is 12.7 Å². The highest BCUT2D eigenvalue weighted by atomic mass is 35.5. The molecule has 140 valence electrons. The van der Waals surface area contributed by atoms with E-state index < -0.39 is 16.7 Å². The smallest absolute Gasteiger partial charge is 0.404 e. The monoisotopic (exact) mass is 390 g/mol. The number of furan rings is 1. The van der Waals surface area contributed by atoms with Crippen molar-refractivity contribution in [3.8, 4) is 0 Å². The Bertz CT molecular complexity index is 804. The number of nitro groups is 1. The number of rotatable bonds is 4. The van der Waals surface area contributed by atoms with Gasteiger partial charge in [-0.2, -0.15) is 13.2 Å². The van der Waals surface area contributed by atoms with Gasteiger partial charge in [0.15, 0.2) is 0 Å². The van der Waals surface area contributed by atoms with Crippen molar-refractivity contribution in [2.24, 2.45) is 0 Å². The van der Waals surface area contributed by atoms with Gasteiger partial charge in [0.1, 0.15) is 16.5 Å². The number of piperazine rings is 1. The van der Waals surface area contributed by atoms with Crippen LogP contribution in [0.2, 0.25) is 5.02 Å². The molecule has 2 aromatic heterocycles. The Morgan fingerprint density at radius 3 is 2.50 bits per heavy atom. The minimum Gasteiger partial charge on any atom is -0.404 e. The third-order valence-electron chi connectivity index (χ3n) is 4.03. The Morgan fingerprint density at radius 2 is 1.96 bits per heavy atom. The molecule has 2 aromatic rings. The lowest BCUT2D eigenvalue weighted by atomic mass is 10.2. The molecule has 0 bridgehead atoms. The summed E-state index contributed by atoms with van der Waals surface area (Å²) in [6, 6.07) is 3.73. The van der Waals surface area contributed by atoms with Crippen molar-refractivity contribution in [2.45, 2.75) is 12.7 Å². The summed E-state index contributed by atoms with van der Waals surface area (Å²) in [6.07, 6.45) is -3.71. The summed E-state index contributed by atoms with van der Waals surface area (Å²) in [5.74, 6) is 0.489. The average Bonchev–Trinajstić information content (AvgIpc) is 3.04. The topological polar surface area (TPSA) is 75.7 Å². The van der Waals surface area contributed by atoms with E-state index in [9.17, 15) is 23.3 Å². The Hall–Kier alpha value is -2.33. The van der Waals surface area contributed by atoms with Crippen molar-refractivity contribution in [2.75, 3.05) is 31.1 Å². The molecule has 7 nitrogen and oxygen atoms in total. The highest BCUT2D eigenvalue weighted by Gasteiger charge is 2.32. The first-order chi connectivity index (χ1) is 12.2. The fraction of sp³-hybridized carbons (Fsp3) is 0.400. The zero-order chi connectivity index (χ0) is 18.9. The number of anilines is 1. The van der Waals surface area contributed by atoms with Crippen LogP contribution in [0.1, 0.15) is 11.3 Å². The lowest BCUT2D eigenvalue weighted by molar-refractivity contribution is -0.402. The number of nitrogens with zero attached hydrogens (tertiary/aromatic N) is 4. The molecule has 1 aliphatic heterocycles. The lowest BCUT2D eigenvalue weighted by Gasteiger charge is -2.35. The van der Waals surface area contributed by atoms with Gasteiger partial charge in [-0.05, 0) is 12.1 Å². The molecular weight excluding hydrogens is 377 g/mol. The molecule has 0 atom stereocenters. The van der Waals surface area contributed by atoms with E-state index in [-0.39, 0.29) is 10.9 Å². The Balaban J connectivity index is 1.60. The van der Waals surface area contributed by atoms with Crippen molar-refractivity contribution in [1.82, 2.24) is 9.88 Å². The third kappa shape index (κ3) is 4.07. The normalized spacial score (nSPS) is 16.1. The van der Waals surface area contributed by atoms with Crippen LogP contribution in [0.4, 0.5) is 24.9 Å². The molecule has 1 fully saturated rings. The molecule has 0 spiro atoms. The van der Waals surface area contributed by atoms with Gasteiger partial charge in [-0.15, -0.1) is 0 Å². The van der Waals surface area contributed by atoms with Gasteiger partial charge in [-0.1, -0.05) is 11.6 Å². The molecule has 26 heavy (non-hydrogen) atoms. The van der Waals surface area contributed by atoms with E-state index in [1.165, 1.54) is 6.07 Å². The number of pyridine rings is 1. The van der Waals surface area contributed by atoms with Gasteiger partial charge in [0, 0.05) is 32.4 Å². The molecule has 11 heteroatoms. The van der Waals surface area contributed by atoms with Gasteiger partial charge in [-0.3, -0.25) is 15.0 Å². The number of halogens is 4. The van der Waals surface area contributed by atoms with Gasteiger partial charge in [-0.25, -0.2) is 4.98 Å². The van der Waals surface area contributed by atoms with Crippen molar-refractivity contribution < 1.29 is 22.5 Å². The molecule has 0 saturated carbocycles. The SMILES string of the molecule is O=[N+]([O-])c1ccc(CN2CCN(c3ncc(C(F)(F)F)cc3Cl)CC2)o1. The van der Waals surface area contributed by atoms with E-state index in [1.807, 2.05) is 9.80 Å². The summed E-state index contributed by atoms with van der Waals surface area (Å²) in [5, 5.41) is 10.6. The predicted molar refractivity (Wildman–Crippen MR) is 87.1 cm³/mol. The molecule has 0 radical (unpaired) electrons. The number of hydrogen-bond acceptors (Lipinski definition) is 6. The summed E-state index contributed by atoms with van der Waals surface area (Å²) in [6.45, 7) is 2.62. The third-order valence-corrected chi connectivity index (χ3v) is 4.31. The van der Waals surface area contributed by atoms with E-state index in [4.69, 9.17) is 16.0 Å².